The highest BCUT2D eigenvalue weighted by Crippen LogP contribution is 2.24. The minimum atomic E-state index is -0.158. The molecule has 0 bridgehead atoms. The van der Waals surface area contributed by atoms with Crippen LogP contribution in [-0.4, -0.2) is 27.8 Å². The Kier molecular flexibility index (Phi) is 5.00. The number of hydrogen-bond acceptors (Lipinski definition) is 4. The van der Waals surface area contributed by atoms with Gasteiger partial charge in [-0.15, -0.1) is 0 Å². The first kappa shape index (κ1) is 17.0. The number of methoxy groups -OCH3 is 1. The first-order chi connectivity index (χ1) is 12.1. The Labute approximate surface area is 150 Å². The summed E-state index contributed by atoms with van der Waals surface area (Å²) in [6, 6.07) is 10.9. The molecule has 1 amide bonds. The number of aryl methyl sites for hydroxylation is 1. The van der Waals surface area contributed by atoms with E-state index in [0.717, 1.165) is 16.9 Å². The quantitative estimate of drug-likeness (QED) is 0.760. The van der Waals surface area contributed by atoms with Crippen molar-refractivity contribution in [2.24, 2.45) is 0 Å². The number of amides is 1. The van der Waals surface area contributed by atoms with Gasteiger partial charge in [-0.05, 0) is 42.3 Å². The molecule has 0 saturated heterocycles. The van der Waals surface area contributed by atoms with Crippen molar-refractivity contribution in [2.75, 3.05) is 12.4 Å². The third-order valence-corrected chi connectivity index (χ3v) is 3.97. The number of carbonyl (C=O) groups is 1. The van der Waals surface area contributed by atoms with E-state index in [2.05, 4.69) is 15.4 Å². The van der Waals surface area contributed by atoms with Crippen LogP contribution in [0.5, 0.6) is 5.75 Å². The first-order valence-electron chi connectivity index (χ1n) is 7.65. The van der Waals surface area contributed by atoms with Gasteiger partial charge in [0.05, 0.1) is 24.9 Å². The van der Waals surface area contributed by atoms with Gasteiger partial charge >= 0.3 is 0 Å². The number of hydrogen-bond donors (Lipinski definition) is 1. The third kappa shape index (κ3) is 3.97. The number of nitrogens with zero attached hydrogens (tertiary/aromatic N) is 3. The van der Waals surface area contributed by atoms with Gasteiger partial charge in [0.25, 0.3) is 0 Å². The van der Waals surface area contributed by atoms with Crippen LogP contribution >= 0.6 is 11.6 Å². The van der Waals surface area contributed by atoms with E-state index in [9.17, 15) is 4.79 Å². The monoisotopic (exact) mass is 356 g/mol. The van der Waals surface area contributed by atoms with Gasteiger partial charge in [-0.1, -0.05) is 23.7 Å². The zero-order valence-corrected chi connectivity index (χ0v) is 14.6. The van der Waals surface area contributed by atoms with Crippen molar-refractivity contribution in [2.45, 2.75) is 13.3 Å². The SMILES string of the molecule is COc1cc(CC(=O)Nc2cc(Cl)ccc2-n2cncn2)ccc1C. The number of rotatable bonds is 5. The summed E-state index contributed by atoms with van der Waals surface area (Å²) < 4.78 is 6.87. The second kappa shape index (κ2) is 7.36. The number of halogens is 1. The molecule has 0 aliphatic heterocycles. The van der Waals surface area contributed by atoms with Crippen LogP contribution in [0.4, 0.5) is 5.69 Å². The molecular weight excluding hydrogens is 340 g/mol. The van der Waals surface area contributed by atoms with Gasteiger partial charge in [-0.2, -0.15) is 5.10 Å². The lowest BCUT2D eigenvalue weighted by Gasteiger charge is -2.12. The molecule has 0 aliphatic carbocycles. The predicted octanol–water partition coefficient (Wildman–Crippen LogP) is 3.42. The molecule has 0 atom stereocenters. The lowest BCUT2D eigenvalue weighted by Crippen LogP contribution is -2.16. The highest BCUT2D eigenvalue weighted by Gasteiger charge is 2.11. The van der Waals surface area contributed by atoms with Crippen molar-refractivity contribution in [1.29, 1.82) is 0 Å². The van der Waals surface area contributed by atoms with Crippen LogP contribution in [0.1, 0.15) is 11.1 Å². The Morgan fingerprint density at radius 3 is 2.84 bits per heavy atom. The van der Waals surface area contributed by atoms with Crippen molar-refractivity contribution in [3.63, 3.8) is 0 Å². The van der Waals surface area contributed by atoms with Crippen molar-refractivity contribution >= 4 is 23.2 Å². The number of nitrogens with one attached hydrogen (secondary N) is 1. The van der Waals surface area contributed by atoms with E-state index in [-0.39, 0.29) is 12.3 Å². The van der Waals surface area contributed by atoms with Crippen LogP contribution in [-0.2, 0) is 11.2 Å². The van der Waals surface area contributed by atoms with E-state index >= 15 is 0 Å². The summed E-state index contributed by atoms with van der Waals surface area (Å²) in [4.78, 5) is 16.4. The van der Waals surface area contributed by atoms with Gasteiger partial charge in [0, 0.05) is 5.02 Å². The Bertz CT molecular complexity index is 894. The van der Waals surface area contributed by atoms with Crippen molar-refractivity contribution in [3.05, 3.63) is 65.2 Å². The average molecular weight is 357 g/mol. The predicted molar refractivity (Wildman–Crippen MR) is 96.4 cm³/mol. The number of benzene rings is 2. The van der Waals surface area contributed by atoms with Gasteiger partial charge in [0.15, 0.2) is 0 Å². The summed E-state index contributed by atoms with van der Waals surface area (Å²) in [6.07, 6.45) is 3.21. The van der Waals surface area contributed by atoms with E-state index < -0.39 is 0 Å². The van der Waals surface area contributed by atoms with Gasteiger partial charge in [-0.3, -0.25) is 4.79 Å². The Morgan fingerprint density at radius 2 is 2.12 bits per heavy atom. The summed E-state index contributed by atoms with van der Waals surface area (Å²) in [5.41, 5.74) is 3.15. The molecular formula is C18H17ClN4O2. The minimum absolute atomic E-state index is 0.158. The lowest BCUT2D eigenvalue weighted by atomic mass is 10.1. The Morgan fingerprint density at radius 1 is 1.28 bits per heavy atom. The lowest BCUT2D eigenvalue weighted by molar-refractivity contribution is -0.115. The van der Waals surface area contributed by atoms with Crippen LogP contribution in [0.2, 0.25) is 5.02 Å². The summed E-state index contributed by atoms with van der Waals surface area (Å²) in [6.45, 7) is 1.96. The van der Waals surface area contributed by atoms with E-state index in [4.69, 9.17) is 16.3 Å². The molecule has 0 unspecified atom stereocenters. The smallest absolute Gasteiger partial charge is 0.228 e. The van der Waals surface area contributed by atoms with Gasteiger partial charge in [0.2, 0.25) is 5.91 Å². The summed E-state index contributed by atoms with van der Waals surface area (Å²) >= 11 is 6.07. The van der Waals surface area contributed by atoms with Crippen LogP contribution < -0.4 is 10.1 Å². The normalized spacial score (nSPS) is 10.5. The van der Waals surface area contributed by atoms with E-state index in [1.165, 1.54) is 6.33 Å². The maximum atomic E-state index is 12.5. The second-order valence-corrected chi connectivity index (χ2v) is 5.97. The number of carbonyl (C=O) groups excluding carboxylic acids is 1. The topological polar surface area (TPSA) is 69.0 Å². The highest BCUT2D eigenvalue weighted by molar-refractivity contribution is 6.31. The van der Waals surface area contributed by atoms with Crippen molar-refractivity contribution in [1.82, 2.24) is 14.8 Å². The molecule has 0 spiro atoms. The number of anilines is 1. The second-order valence-electron chi connectivity index (χ2n) is 5.53. The molecule has 3 rings (SSSR count). The van der Waals surface area contributed by atoms with Gasteiger partial charge in [-0.25, -0.2) is 9.67 Å². The van der Waals surface area contributed by atoms with Crippen LogP contribution in [0.3, 0.4) is 0 Å². The maximum Gasteiger partial charge on any atom is 0.228 e. The maximum absolute atomic E-state index is 12.5. The molecule has 0 saturated carbocycles. The molecule has 7 heteroatoms. The van der Waals surface area contributed by atoms with Gasteiger partial charge < -0.3 is 10.1 Å². The van der Waals surface area contributed by atoms with E-state index in [1.807, 2.05) is 25.1 Å². The fourth-order valence-electron chi connectivity index (χ4n) is 2.49. The molecule has 128 valence electrons. The molecule has 0 fully saturated rings. The molecule has 1 heterocycles. The van der Waals surface area contributed by atoms with Crippen molar-refractivity contribution in [3.8, 4) is 11.4 Å². The minimum Gasteiger partial charge on any atom is -0.496 e. The van der Waals surface area contributed by atoms with E-state index in [1.54, 1.807) is 36.3 Å². The molecule has 0 aliphatic rings. The first-order valence-corrected chi connectivity index (χ1v) is 8.02. The van der Waals surface area contributed by atoms with Crippen LogP contribution in [0.25, 0.3) is 5.69 Å². The summed E-state index contributed by atoms with van der Waals surface area (Å²) in [7, 11) is 1.61. The average Bonchev–Trinajstić information content (AvgIpc) is 3.11. The zero-order chi connectivity index (χ0) is 17.8. The molecule has 6 nitrogen and oxygen atoms in total. The molecule has 1 aromatic heterocycles. The Balaban J connectivity index is 1.80. The summed E-state index contributed by atoms with van der Waals surface area (Å²) in [5.74, 6) is 0.603. The van der Waals surface area contributed by atoms with Crippen LogP contribution in [0.15, 0.2) is 49.1 Å². The van der Waals surface area contributed by atoms with Crippen LogP contribution in [0, 0.1) is 6.92 Å². The third-order valence-electron chi connectivity index (χ3n) is 3.74. The largest absolute Gasteiger partial charge is 0.496 e. The number of aromatic nitrogens is 3. The fraction of sp³-hybridized carbons (Fsp3) is 0.167. The fourth-order valence-corrected chi connectivity index (χ4v) is 2.67. The number of ether oxygens (including phenoxy) is 1. The van der Waals surface area contributed by atoms with E-state index in [0.29, 0.717) is 16.4 Å². The molecule has 1 N–H and O–H groups in total. The van der Waals surface area contributed by atoms with Gasteiger partial charge in [0.1, 0.15) is 18.4 Å². The molecule has 2 aromatic carbocycles. The Hall–Kier alpha value is -2.86. The highest BCUT2D eigenvalue weighted by atomic mass is 35.5. The molecule has 25 heavy (non-hydrogen) atoms. The molecule has 0 radical (unpaired) electrons. The standard InChI is InChI=1S/C18H17ClN4O2/c1-12-3-4-13(7-17(12)25-2)8-18(24)22-15-9-14(19)5-6-16(15)23-11-20-10-21-23/h3-7,9-11H,8H2,1-2H3,(H,22,24). The zero-order valence-electron chi connectivity index (χ0n) is 13.9. The molecule has 3 aromatic rings. The van der Waals surface area contributed by atoms with Crippen molar-refractivity contribution < 1.29 is 9.53 Å². The summed E-state index contributed by atoms with van der Waals surface area (Å²) in [5, 5.41) is 7.51.